The van der Waals surface area contributed by atoms with Crippen LogP contribution >= 0.6 is 0 Å². The van der Waals surface area contributed by atoms with Crippen LogP contribution < -0.4 is 5.56 Å². The second kappa shape index (κ2) is 7.68. The summed E-state index contributed by atoms with van der Waals surface area (Å²) in [5.74, 6) is 0.267. The number of halogens is 2. The van der Waals surface area contributed by atoms with Crippen LogP contribution in [0.2, 0.25) is 0 Å². The average molecular weight is 417 g/mol. The first-order chi connectivity index (χ1) is 15.1. The summed E-state index contributed by atoms with van der Waals surface area (Å²) in [5, 5.41) is 0. The molecule has 0 aliphatic carbocycles. The molecule has 1 N–H and O–H groups in total. The van der Waals surface area contributed by atoms with Crippen LogP contribution in [0.5, 0.6) is 0 Å². The van der Waals surface area contributed by atoms with E-state index in [1.165, 1.54) is 29.0 Å². The highest BCUT2D eigenvalue weighted by Gasteiger charge is 2.21. The van der Waals surface area contributed by atoms with Crippen molar-refractivity contribution in [3.63, 3.8) is 0 Å². The molecule has 0 fully saturated rings. The lowest BCUT2D eigenvalue weighted by Crippen LogP contribution is -2.18. The molecular formula is C24H17F2N3O2. The van der Waals surface area contributed by atoms with Gasteiger partial charge in [0.15, 0.2) is 5.82 Å². The summed E-state index contributed by atoms with van der Waals surface area (Å²) < 4.78 is 34.9. The molecule has 0 saturated heterocycles. The van der Waals surface area contributed by atoms with Crippen molar-refractivity contribution in [3.8, 4) is 17.1 Å². The van der Waals surface area contributed by atoms with Crippen LogP contribution in [-0.2, 0) is 12.8 Å². The van der Waals surface area contributed by atoms with Crippen molar-refractivity contribution in [2.75, 3.05) is 0 Å². The number of nitrogens with zero attached hydrogens (tertiary/aromatic N) is 2. The third kappa shape index (κ3) is 3.66. The minimum Gasteiger partial charge on any atom is -0.469 e. The van der Waals surface area contributed by atoms with Gasteiger partial charge in [-0.25, -0.2) is 13.8 Å². The van der Waals surface area contributed by atoms with Crippen LogP contribution in [0.15, 0.2) is 82.3 Å². The Morgan fingerprint density at radius 1 is 1.00 bits per heavy atom. The Morgan fingerprint density at radius 3 is 2.65 bits per heavy atom. The molecule has 0 bridgehead atoms. The van der Waals surface area contributed by atoms with Gasteiger partial charge >= 0.3 is 0 Å². The van der Waals surface area contributed by atoms with Gasteiger partial charge in [-0.2, -0.15) is 0 Å². The van der Waals surface area contributed by atoms with E-state index in [1.807, 2.05) is 0 Å². The Balaban J connectivity index is 1.68. The summed E-state index contributed by atoms with van der Waals surface area (Å²) >= 11 is 0. The Morgan fingerprint density at radius 2 is 1.87 bits per heavy atom. The molecule has 3 heterocycles. The number of aromatic nitrogens is 3. The van der Waals surface area contributed by atoms with Gasteiger partial charge in [0.05, 0.1) is 24.1 Å². The number of hydrogen-bond acceptors (Lipinski definition) is 3. The molecule has 0 unspecified atom stereocenters. The predicted octanol–water partition coefficient (Wildman–Crippen LogP) is 4.72. The third-order valence-electron chi connectivity index (χ3n) is 5.13. The van der Waals surface area contributed by atoms with Crippen LogP contribution in [0.1, 0.15) is 22.7 Å². The number of furan rings is 1. The Labute approximate surface area is 176 Å². The molecule has 2 aliphatic heterocycles. The SMILES string of the molecule is O=c1c(Cc2ccco2)nc2c(Cc3ccccc3F)[nH]c(-c3cccc(F)c3)cn1-2. The summed E-state index contributed by atoms with van der Waals surface area (Å²) in [5.41, 5.74) is 2.12. The van der Waals surface area contributed by atoms with Gasteiger partial charge < -0.3 is 9.40 Å². The smallest absolute Gasteiger partial charge is 0.278 e. The molecule has 0 atom stereocenters. The Hall–Kier alpha value is -4.00. The minimum atomic E-state index is -0.395. The van der Waals surface area contributed by atoms with Crippen LogP contribution in [0.4, 0.5) is 8.78 Å². The summed E-state index contributed by atoms with van der Waals surface area (Å²) in [6, 6.07) is 16.0. The zero-order chi connectivity index (χ0) is 21.4. The van der Waals surface area contributed by atoms with Crippen molar-refractivity contribution in [1.29, 1.82) is 0 Å². The zero-order valence-electron chi connectivity index (χ0n) is 16.3. The highest BCUT2D eigenvalue weighted by atomic mass is 19.1. The largest absolute Gasteiger partial charge is 0.469 e. The summed E-state index contributed by atoms with van der Waals surface area (Å²) in [7, 11) is 0. The number of nitrogens with one attached hydrogen (secondary N) is 1. The Kier molecular flexibility index (Phi) is 4.71. The molecule has 1 aromatic heterocycles. The van der Waals surface area contributed by atoms with Gasteiger partial charge in [-0.05, 0) is 35.9 Å². The van der Waals surface area contributed by atoms with E-state index in [0.29, 0.717) is 39.8 Å². The van der Waals surface area contributed by atoms with E-state index in [0.717, 1.165) is 0 Å². The maximum absolute atomic E-state index is 14.3. The molecule has 3 aromatic rings. The predicted molar refractivity (Wildman–Crippen MR) is 111 cm³/mol. The first-order valence-corrected chi connectivity index (χ1v) is 9.73. The highest BCUT2D eigenvalue weighted by Crippen LogP contribution is 2.25. The van der Waals surface area contributed by atoms with Crippen LogP contribution in [0, 0.1) is 11.6 Å². The number of H-pyrrole nitrogens is 1. The minimum absolute atomic E-state index is 0.190. The average Bonchev–Trinajstić information content (AvgIpc) is 3.39. The Bertz CT molecular complexity index is 1390. The van der Waals surface area contributed by atoms with Crippen molar-refractivity contribution < 1.29 is 13.2 Å². The molecule has 0 spiro atoms. The van der Waals surface area contributed by atoms with E-state index < -0.39 is 5.82 Å². The molecule has 2 aromatic carbocycles. The molecule has 0 amide bonds. The van der Waals surface area contributed by atoms with Gasteiger partial charge in [0.2, 0.25) is 0 Å². The topological polar surface area (TPSA) is 63.8 Å². The first kappa shape index (κ1) is 19.0. The normalized spacial score (nSPS) is 11.3. The summed E-state index contributed by atoms with van der Waals surface area (Å²) in [4.78, 5) is 20.8. The van der Waals surface area contributed by atoms with Gasteiger partial charge in [0.1, 0.15) is 23.1 Å². The number of hydrogen-bond donors (Lipinski definition) is 1. The van der Waals surface area contributed by atoms with Crippen molar-refractivity contribution in [2.45, 2.75) is 12.8 Å². The van der Waals surface area contributed by atoms with E-state index in [-0.39, 0.29) is 24.2 Å². The number of fused-ring (bicyclic) bond motifs is 1. The number of rotatable bonds is 5. The lowest BCUT2D eigenvalue weighted by Gasteiger charge is -2.13. The monoisotopic (exact) mass is 417 g/mol. The van der Waals surface area contributed by atoms with Crippen molar-refractivity contribution >= 4 is 0 Å². The van der Waals surface area contributed by atoms with Crippen molar-refractivity contribution in [3.05, 3.63) is 118 Å². The maximum Gasteiger partial charge on any atom is 0.278 e. The fourth-order valence-electron chi connectivity index (χ4n) is 3.63. The molecule has 2 aliphatic rings. The molecule has 5 nitrogen and oxygen atoms in total. The molecule has 154 valence electrons. The van der Waals surface area contributed by atoms with E-state index >= 15 is 0 Å². The quantitative estimate of drug-likeness (QED) is 0.450. The second-order valence-electron chi connectivity index (χ2n) is 7.24. The van der Waals surface area contributed by atoms with Gasteiger partial charge in [-0.15, -0.1) is 0 Å². The first-order valence-electron chi connectivity index (χ1n) is 9.73. The maximum atomic E-state index is 14.3. The molecule has 5 rings (SSSR count). The van der Waals surface area contributed by atoms with E-state index in [9.17, 15) is 13.6 Å². The summed E-state index contributed by atoms with van der Waals surface area (Å²) in [6.07, 6.45) is 3.56. The van der Waals surface area contributed by atoms with Gasteiger partial charge in [0, 0.05) is 18.2 Å². The second-order valence-corrected chi connectivity index (χ2v) is 7.24. The van der Waals surface area contributed by atoms with E-state index in [2.05, 4.69) is 9.97 Å². The number of aromatic amines is 1. The van der Waals surface area contributed by atoms with Gasteiger partial charge in [-0.3, -0.25) is 9.36 Å². The third-order valence-corrected chi connectivity index (χ3v) is 5.13. The highest BCUT2D eigenvalue weighted by molar-refractivity contribution is 5.60. The van der Waals surface area contributed by atoms with E-state index in [1.54, 1.807) is 48.7 Å². The van der Waals surface area contributed by atoms with E-state index in [4.69, 9.17) is 4.42 Å². The molecule has 31 heavy (non-hydrogen) atoms. The van der Waals surface area contributed by atoms with Crippen LogP contribution in [0.25, 0.3) is 17.1 Å². The standard InChI is InChI=1S/C24H17F2N3O2/c25-17-7-3-6-16(11-17)22-14-29-23(20(27-22)12-15-5-1-2-9-19(15)26)28-21(24(29)30)13-18-8-4-10-31-18/h1-11,14,27H,12-13H2. The lowest BCUT2D eigenvalue weighted by atomic mass is 10.1. The lowest BCUT2D eigenvalue weighted by molar-refractivity contribution is 0.519. The fourth-order valence-corrected chi connectivity index (χ4v) is 3.63. The number of benzene rings is 2. The van der Waals surface area contributed by atoms with Gasteiger partial charge in [0.25, 0.3) is 5.56 Å². The fraction of sp³-hybridized carbons (Fsp3) is 0.0833. The van der Waals surface area contributed by atoms with Gasteiger partial charge in [-0.1, -0.05) is 30.3 Å². The molecule has 0 saturated carbocycles. The van der Waals surface area contributed by atoms with Crippen LogP contribution in [-0.4, -0.2) is 14.5 Å². The van der Waals surface area contributed by atoms with Crippen molar-refractivity contribution in [2.24, 2.45) is 0 Å². The zero-order valence-corrected chi connectivity index (χ0v) is 16.3. The molecule has 0 radical (unpaired) electrons. The number of imidazole rings is 1. The van der Waals surface area contributed by atoms with Crippen molar-refractivity contribution in [1.82, 2.24) is 14.5 Å². The summed E-state index contributed by atoms with van der Waals surface area (Å²) in [6.45, 7) is 0. The van der Waals surface area contributed by atoms with Crippen LogP contribution in [0.3, 0.4) is 0 Å². The molecular weight excluding hydrogens is 400 g/mol. The molecule has 7 heteroatoms.